The minimum Gasteiger partial charge on any atom is -0.298 e. The third-order valence-electron chi connectivity index (χ3n) is 1.74. The Kier molecular flexibility index (Phi) is 2.76. The van der Waals surface area contributed by atoms with Crippen molar-refractivity contribution < 1.29 is 9.18 Å². The second-order valence-electron chi connectivity index (χ2n) is 2.72. The van der Waals surface area contributed by atoms with E-state index in [0.29, 0.717) is 5.56 Å². The summed E-state index contributed by atoms with van der Waals surface area (Å²) in [7, 11) is 0. The minimum absolute atomic E-state index is 0.228. The van der Waals surface area contributed by atoms with Crippen LogP contribution in [0.5, 0.6) is 0 Å². The van der Waals surface area contributed by atoms with Gasteiger partial charge in [-0.1, -0.05) is 12.1 Å². The lowest BCUT2D eigenvalue weighted by atomic mass is 9.97. The maximum atomic E-state index is 12.5. The molecule has 0 radical (unpaired) electrons. The number of benzene rings is 1. The van der Waals surface area contributed by atoms with E-state index in [4.69, 9.17) is 5.26 Å². The van der Waals surface area contributed by atoms with Gasteiger partial charge in [-0.3, -0.25) is 4.79 Å². The topological polar surface area (TPSA) is 40.9 Å². The number of Topliss-reactive ketones (excluding diaryl/α,β-unsaturated/α-hetero) is 1. The van der Waals surface area contributed by atoms with Crippen LogP contribution in [-0.2, 0) is 4.79 Å². The van der Waals surface area contributed by atoms with E-state index in [0.717, 1.165) is 0 Å². The zero-order valence-corrected chi connectivity index (χ0v) is 7.12. The van der Waals surface area contributed by atoms with Gasteiger partial charge in [-0.05, 0) is 24.6 Å². The van der Waals surface area contributed by atoms with Crippen LogP contribution < -0.4 is 0 Å². The van der Waals surface area contributed by atoms with Gasteiger partial charge in [-0.2, -0.15) is 5.26 Å². The van der Waals surface area contributed by atoms with Crippen molar-refractivity contribution in [3.63, 3.8) is 0 Å². The monoisotopic (exact) mass is 177 g/mol. The van der Waals surface area contributed by atoms with Crippen molar-refractivity contribution in [1.29, 1.82) is 5.26 Å². The summed E-state index contributed by atoms with van der Waals surface area (Å²) in [6, 6.07) is 7.24. The van der Waals surface area contributed by atoms with Gasteiger partial charge in [0, 0.05) is 0 Å². The minimum atomic E-state index is -0.777. The van der Waals surface area contributed by atoms with Gasteiger partial charge in [-0.15, -0.1) is 0 Å². The van der Waals surface area contributed by atoms with Crippen molar-refractivity contribution in [3.8, 4) is 6.07 Å². The standard InChI is InChI=1S/C10H8FNO/c1-7(13)10(6-12)8-2-4-9(11)5-3-8/h2-5,10H,1H3/t10-/m0/s1. The second kappa shape index (κ2) is 3.81. The average molecular weight is 177 g/mol. The molecule has 0 heterocycles. The van der Waals surface area contributed by atoms with E-state index in [1.807, 2.05) is 6.07 Å². The number of hydrogen-bond donors (Lipinski definition) is 0. The van der Waals surface area contributed by atoms with Crippen molar-refractivity contribution >= 4 is 5.78 Å². The molecular weight excluding hydrogens is 169 g/mol. The molecule has 3 heteroatoms. The number of nitrogens with zero attached hydrogens (tertiary/aromatic N) is 1. The molecule has 0 bridgehead atoms. The van der Waals surface area contributed by atoms with Gasteiger partial charge < -0.3 is 0 Å². The number of carbonyl (C=O) groups is 1. The molecule has 1 aromatic rings. The first-order valence-electron chi connectivity index (χ1n) is 3.80. The Balaban J connectivity index is 3.01. The van der Waals surface area contributed by atoms with E-state index in [1.54, 1.807) is 0 Å². The fourth-order valence-corrected chi connectivity index (χ4v) is 1.06. The number of nitriles is 1. The third kappa shape index (κ3) is 2.12. The summed E-state index contributed by atoms with van der Waals surface area (Å²) in [5, 5.41) is 8.65. The summed E-state index contributed by atoms with van der Waals surface area (Å²) in [4.78, 5) is 10.9. The van der Waals surface area contributed by atoms with Crippen molar-refractivity contribution in [1.82, 2.24) is 0 Å². The summed E-state index contributed by atoms with van der Waals surface area (Å²) >= 11 is 0. The van der Waals surface area contributed by atoms with Crippen LogP contribution in [0.3, 0.4) is 0 Å². The van der Waals surface area contributed by atoms with Crippen molar-refractivity contribution in [3.05, 3.63) is 35.6 Å². The van der Waals surface area contributed by atoms with Gasteiger partial charge in [0.15, 0.2) is 5.78 Å². The number of rotatable bonds is 2. The van der Waals surface area contributed by atoms with Gasteiger partial charge in [-0.25, -0.2) is 4.39 Å². The van der Waals surface area contributed by atoms with Gasteiger partial charge >= 0.3 is 0 Å². The SMILES string of the molecule is CC(=O)[C@H](C#N)c1ccc(F)cc1. The Morgan fingerprint density at radius 3 is 2.38 bits per heavy atom. The zero-order valence-electron chi connectivity index (χ0n) is 7.12. The normalized spacial score (nSPS) is 11.8. The molecule has 0 unspecified atom stereocenters. The van der Waals surface area contributed by atoms with E-state index in [9.17, 15) is 9.18 Å². The molecule has 1 rings (SSSR count). The van der Waals surface area contributed by atoms with Crippen molar-refractivity contribution in [2.24, 2.45) is 0 Å². The highest BCUT2D eigenvalue weighted by Crippen LogP contribution is 2.15. The van der Waals surface area contributed by atoms with Crippen LogP contribution >= 0.6 is 0 Å². The predicted molar refractivity (Wildman–Crippen MR) is 45.4 cm³/mol. The number of ketones is 1. The summed E-state index contributed by atoms with van der Waals surface area (Å²) < 4.78 is 12.5. The summed E-state index contributed by atoms with van der Waals surface area (Å²) in [6.07, 6.45) is 0. The average Bonchev–Trinajstić information content (AvgIpc) is 2.09. The van der Waals surface area contributed by atoms with Crippen LogP contribution in [0.15, 0.2) is 24.3 Å². The van der Waals surface area contributed by atoms with Gasteiger partial charge in [0.25, 0.3) is 0 Å². The fraction of sp³-hybridized carbons (Fsp3) is 0.200. The van der Waals surface area contributed by atoms with Gasteiger partial charge in [0.1, 0.15) is 11.7 Å². The lowest BCUT2D eigenvalue weighted by molar-refractivity contribution is -0.117. The lowest BCUT2D eigenvalue weighted by Gasteiger charge is -2.03. The Morgan fingerprint density at radius 2 is 2.00 bits per heavy atom. The van der Waals surface area contributed by atoms with Crippen LogP contribution in [-0.4, -0.2) is 5.78 Å². The van der Waals surface area contributed by atoms with E-state index in [-0.39, 0.29) is 11.6 Å². The first kappa shape index (κ1) is 9.40. The predicted octanol–water partition coefficient (Wildman–Crippen LogP) is 2.02. The maximum Gasteiger partial charge on any atom is 0.151 e. The molecule has 0 aliphatic rings. The molecule has 0 aliphatic carbocycles. The molecule has 0 aromatic heterocycles. The molecule has 0 saturated carbocycles. The third-order valence-corrected chi connectivity index (χ3v) is 1.74. The van der Waals surface area contributed by atoms with Crippen LogP contribution in [0, 0.1) is 17.1 Å². The van der Waals surface area contributed by atoms with Crippen LogP contribution in [0.2, 0.25) is 0 Å². The number of carbonyl (C=O) groups excluding carboxylic acids is 1. The molecule has 0 fully saturated rings. The summed E-state index contributed by atoms with van der Waals surface area (Å²) in [6.45, 7) is 1.34. The molecular formula is C10H8FNO. The molecule has 0 aliphatic heterocycles. The molecule has 66 valence electrons. The summed E-state index contributed by atoms with van der Waals surface area (Å²) in [5.74, 6) is -1.38. The Hall–Kier alpha value is -1.69. The van der Waals surface area contributed by atoms with Gasteiger partial charge in [0.2, 0.25) is 0 Å². The largest absolute Gasteiger partial charge is 0.298 e. The Labute approximate surface area is 75.6 Å². The Bertz CT molecular complexity index is 350. The molecule has 0 amide bonds. The first-order chi connectivity index (χ1) is 6.15. The highest BCUT2D eigenvalue weighted by Gasteiger charge is 2.14. The van der Waals surface area contributed by atoms with Crippen molar-refractivity contribution in [2.45, 2.75) is 12.8 Å². The van der Waals surface area contributed by atoms with Crippen LogP contribution in [0.4, 0.5) is 4.39 Å². The van der Waals surface area contributed by atoms with E-state index in [2.05, 4.69) is 0 Å². The van der Waals surface area contributed by atoms with Crippen LogP contribution in [0.25, 0.3) is 0 Å². The quantitative estimate of drug-likeness (QED) is 0.693. The lowest BCUT2D eigenvalue weighted by Crippen LogP contribution is -2.05. The Morgan fingerprint density at radius 1 is 1.46 bits per heavy atom. The molecule has 1 aromatic carbocycles. The van der Waals surface area contributed by atoms with Crippen LogP contribution in [0.1, 0.15) is 18.4 Å². The highest BCUT2D eigenvalue weighted by molar-refractivity contribution is 5.86. The molecule has 0 spiro atoms. The molecule has 2 nitrogen and oxygen atoms in total. The van der Waals surface area contributed by atoms with Crippen molar-refractivity contribution in [2.75, 3.05) is 0 Å². The maximum absolute atomic E-state index is 12.5. The van der Waals surface area contributed by atoms with Gasteiger partial charge in [0.05, 0.1) is 6.07 Å². The molecule has 0 N–H and O–H groups in total. The second-order valence-corrected chi connectivity index (χ2v) is 2.72. The summed E-state index contributed by atoms with van der Waals surface area (Å²) in [5.41, 5.74) is 0.538. The number of hydrogen-bond acceptors (Lipinski definition) is 2. The fourth-order valence-electron chi connectivity index (χ4n) is 1.06. The molecule has 1 atom stereocenters. The van der Waals surface area contributed by atoms with E-state index in [1.165, 1.54) is 31.2 Å². The first-order valence-corrected chi connectivity index (χ1v) is 3.80. The number of halogens is 1. The molecule has 0 saturated heterocycles. The van der Waals surface area contributed by atoms with E-state index >= 15 is 0 Å². The highest BCUT2D eigenvalue weighted by atomic mass is 19.1. The molecule has 13 heavy (non-hydrogen) atoms. The van der Waals surface area contributed by atoms with E-state index < -0.39 is 5.92 Å². The zero-order chi connectivity index (χ0) is 9.84. The smallest absolute Gasteiger partial charge is 0.151 e.